The Morgan fingerprint density at radius 1 is 1.26 bits per heavy atom. The molecule has 0 aliphatic carbocycles. The summed E-state index contributed by atoms with van der Waals surface area (Å²) in [7, 11) is 0. The summed E-state index contributed by atoms with van der Waals surface area (Å²) in [6.45, 7) is 1.28. The normalized spacial score (nSPS) is 14.6. The van der Waals surface area contributed by atoms with Crippen LogP contribution in [0.3, 0.4) is 0 Å². The first kappa shape index (κ1) is 14.4. The number of nitrogens with two attached hydrogens (primary N) is 1. The molecule has 0 saturated carbocycles. The van der Waals surface area contributed by atoms with Crippen molar-refractivity contribution in [2.24, 2.45) is 5.73 Å². The van der Waals surface area contributed by atoms with Crippen molar-refractivity contribution in [2.45, 2.75) is 6.42 Å². The first-order chi connectivity index (χ1) is 9.20. The van der Waals surface area contributed by atoms with Gasteiger partial charge in [-0.25, -0.2) is 0 Å². The zero-order valence-corrected chi connectivity index (χ0v) is 13.4. The van der Waals surface area contributed by atoms with Crippen molar-refractivity contribution >= 4 is 37.5 Å². The van der Waals surface area contributed by atoms with Crippen LogP contribution < -0.4 is 20.9 Å². The van der Waals surface area contributed by atoms with E-state index in [4.69, 9.17) is 10.5 Å². The minimum atomic E-state index is 0.637. The van der Waals surface area contributed by atoms with Crippen molar-refractivity contribution in [2.75, 3.05) is 18.2 Å². The molecule has 4 nitrogen and oxygen atoms in total. The van der Waals surface area contributed by atoms with E-state index in [0.717, 1.165) is 26.8 Å². The molecule has 1 aliphatic rings. The second-order valence-electron chi connectivity index (χ2n) is 3.96. The van der Waals surface area contributed by atoms with Gasteiger partial charge in [0.15, 0.2) is 0 Å². The lowest BCUT2D eigenvalue weighted by Crippen LogP contribution is -2.31. The number of halogens is 2. The molecule has 0 aromatic heterocycles. The maximum absolute atomic E-state index is 5.63. The highest BCUT2D eigenvalue weighted by Gasteiger charge is 2.10. The predicted molar refractivity (Wildman–Crippen MR) is 85.2 cm³/mol. The third-order valence-electron chi connectivity index (χ3n) is 2.51. The number of hydrogen-bond donors (Lipinski definition) is 2. The van der Waals surface area contributed by atoms with Gasteiger partial charge in [-0.05, 0) is 57.0 Å². The van der Waals surface area contributed by atoms with Crippen LogP contribution in [0.1, 0.15) is 6.42 Å². The second kappa shape index (κ2) is 6.98. The lowest BCUT2D eigenvalue weighted by Gasteiger charge is -2.25. The van der Waals surface area contributed by atoms with E-state index in [1.54, 1.807) is 0 Å². The molecular weight excluding hydrogens is 374 g/mol. The molecule has 6 heteroatoms. The SMILES string of the molecule is NCCCOc1cccc(N2C=C(Br)C(Br)=CN2)c1. The van der Waals surface area contributed by atoms with Crippen LogP contribution in [0.25, 0.3) is 0 Å². The highest BCUT2D eigenvalue weighted by atomic mass is 79.9. The van der Waals surface area contributed by atoms with Crippen molar-refractivity contribution in [3.05, 3.63) is 45.6 Å². The topological polar surface area (TPSA) is 50.5 Å². The van der Waals surface area contributed by atoms with Crippen LogP contribution in [0.5, 0.6) is 5.75 Å². The number of allylic oxidation sites excluding steroid dienone is 2. The molecule has 19 heavy (non-hydrogen) atoms. The maximum atomic E-state index is 5.63. The summed E-state index contributed by atoms with van der Waals surface area (Å²) in [6, 6.07) is 7.89. The zero-order valence-electron chi connectivity index (χ0n) is 10.3. The molecule has 0 radical (unpaired) electrons. The monoisotopic (exact) mass is 387 g/mol. The van der Waals surface area contributed by atoms with Crippen LogP contribution in [0.2, 0.25) is 0 Å². The molecule has 2 rings (SSSR count). The van der Waals surface area contributed by atoms with Crippen LogP contribution in [0.15, 0.2) is 45.6 Å². The van der Waals surface area contributed by atoms with Crippen LogP contribution in [-0.4, -0.2) is 13.2 Å². The molecule has 0 saturated heterocycles. The fourth-order valence-corrected chi connectivity index (χ4v) is 2.08. The molecule has 0 atom stereocenters. The van der Waals surface area contributed by atoms with E-state index >= 15 is 0 Å². The average molecular weight is 389 g/mol. The Balaban J connectivity index is 2.07. The van der Waals surface area contributed by atoms with E-state index in [9.17, 15) is 0 Å². The van der Waals surface area contributed by atoms with Crippen molar-refractivity contribution < 1.29 is 4.74 Å². The molecule has 0 bridgehead atoms. The number of nitrogens with one attached hydrogen (secondary N) is 1. The number of rotatable bonds is 5. The lowest BCUT2D eigenvalue weighted by molar-refractivity contribution is 0.313. The molecule has 0 unspecified atom stereocenters. The Bertz CT molecular complexity index is 502. The highest BCUT2D eigenvalue weighted by Crippen LogP contribution is 2.28. The zero-order chi connectivity index (χ0) is 13.7. The van der Waals surface area contributed by atoms with E-state index in [-0.39, 0.29) is 0 Å². The van der Waals surface area contributed by atoms with Crippen LogP contribution >= 0.6 is 31.9 Å². The highest BCUT2D eigenvalue weighted by molar-refractivity contribution is 9.15. The first-order valence-corrected chi connectivity index (χ1v) is 7.51. The third kappa shape index (κ3) is 3.99. The molecule has 1 aromatic rings. The van der Waals surface area contributed by atoms with E-state index in [2.05, 4.69) is 37.3 Å². The summed E-state index contributed by atoms with van der Waals surface area (Å²) in [5.41, 5.74) is 9.60. The molecular formula is C13H15Br2N3O. The predicted octanol–water partition coefficient (Wildman–Crippen LogP) is 3.21. The van der Waals surface area contributed by atoms with E-state index in [1.807, 2.05) is 41.7 Å². The number of nitrogens with zero attached hydrogens (tertiary/aromatic N) is 1. The Labute approximate surface area is 129 Å². The smallest absolute Gasteiger partial charge is 0.121 e. The molecule has 1 aliphatic heterocycles. The maximum Gasteiger partial charge on any atom is 0.121 e. The molecule has 102 valence electrons. The van der Waals surface area contributed by atoms with Gasteiger partial charge < -0.3 is 15.9 Å². The van der Waals surface area contributed by atoms with Crippen molar-refractivity contribution in [3.63, 3.8) is 0 Å². The largest absolute Gasteiger partial charge is 0.493 e. The van der Waals surface area contributed by atoms with Gasteiger partial charge in [-0.2, -0.15) is 0 Å². The number of ether oxygens (including phenoxy) is 1. The number of hydrazine groups is 1. The average Bonchev–Trinajstić information content (AvgIpc) is 2.43. The minimum absolute atomic E-state index is 0.637. The number of anilines is 1. The summed E-state index contributed by atoms with van der Waals surface area (Å²) >= 11 is 6.91. The van der Waals surface area contributed by atoms with Crippen LogP contribution in [0.4, 0.5) is 5.69 Å². The quantitative estimate of drug-likeness (QED) is 0.760. The van der Waals surface area contributed by atoms with Gasteiger partial charge in [-0.3, -0.25) is 5.01 Å². The van der Waals surface area contributed by atoms with Gasteiger partial charge >= 0.3 is 0 Å². The standard InChI is InChI=1S/C13H15Br2N3O/c14-12-8-17-18(9-13(12)15)10-3-1-4-11(7-10)19-6-2-5-16/h1,3-4,7-9,17H,2,5-6,16H2. The van der Waals surface area contributed by atoms with Gasteiger partial charge in [-0.15, -0.1) is 0 Å². The molecule has 0 amide bonds. The molecule has 0 spiro atoms. The Hall–Kier alpha value is -0.980. The van der Waals surface area contributed by atoms with E-state index in [0.29, 0.717) is 13.2 Å². The van der Waals surface area contributed by atoms with Crippen LogP contribution in [-0.2, 0) is 0 Å². The van der Waals surface area contributed by atoms with Gasteiger partial charge in [0.2, 0.25) is 0 Å². The van der Waals surface area contributed by atoms with Gasteiger partial charge in [-0.1, -0.05) is 6.07 Å². The second-order valence-corrected chi connectivity index (χ2v) is 5.67. The Morgan fingerprint density at radius 2 is 2.11 bits per heavy atom. The first-order valence-electron chi connectivity index (χ1n) is 5.92. The summed E-state index contributed by atoms with van der Waals surface area (Å²) < 4.78 is 7.58. The Morgan fingerprint density at radius 3 is 2.84 bits per heavy atom. The van der Waals surface area contributed by atoms with E-state index < -0.39 is 0 Å². The molecule has 1 aromatic carbocycles. The summed E-state index contributed by atoms with van der Waals surface area (Å²) in [4.78, 5) is 0. The van der Waals surface area contributed by atoms with Crippen molar-refractivity contribution in [1.29, 1.82) is 0 Å². The summed E-state index contributed by atoms with van der Waals surface area (Å²) in [5.74, 6) is 0.839. The van der Waals surface area contributed by atoms with Crippen molar-refractivity contribution in [3.8, 4) is 5.75 Å². The van der Waals surface area contributed by atoms with Crippen molar-refractivity contribution in [1.82, 2.24) is 5.43 Å². The summed E-state index contributed by atoms with van der Waals surface area (Å²) in [6.07, 6.45) is 4.67. The molecule has 3 N–H and O–H groups in total. The Kier molecular flexibility index (Phi) is 5.30. The van der Waals surface area contributed by atoms with Gasteiger partial charge in [0, 0.05) is 18.5 Å². The molecule has 1 heterocycles. The molecule has 0 fully saturated rings. The minimum Gasteiger partial charge on any atom is -0.493 e. The number of hydrogen-bond acceptors (Lipinski definition) is 4. The van der Waals surface area contributed by atoms with E-state index in [1.165, 1.54) is 0 Å². The van der Waals surface area contributed by atoms with Gasteiger partial charge in [0.1, 0.15) is 5.75 Å². The fourth-order valence-electron chi connectivity index (χ4n) is 1.55. The van der Waals surface area contributed by atoms with Gasteiger partial charge in [0.05, 0.1) is 21.3 Å². The fraction of sp³-hybridized carbons (Fsp3) is 0.231. The third-order valence-corrected chi connectivity index (χ3v) is 4.33. The summed E-state index contributed by atoms with van der Waals surface area (Å²) in [5, 5.41) is 1.91. The number of benzene rings is 1. The van der Waals surface area contributed by atoms with Crippen LogP contribution in [0, 0.1) is 0 Å². The lowest BCUT2D eigenvalue weighted by atomic mass is 10.3. The van der Waals surface area contributed by atoms with Gasteiger partial charge in [0.25, 0.3) is 0 Å².